The Morgan fingerprint density at radius 3 is 1.87 bits per heavy atom. The van der Waals surface area contributed by atoms with Gasteiger partial charge in [0.1, 0.15) is 7.85 Å². The maximum absolute atomic E-state index is 5.84. The molecule has 1 rings (SSSR count). The standard InChI is InChI=1S/C21H41BO/c1-3-5-6-7-9-12-15-19-18-20(19)16-13-10-8-11-14-17-21(22)23-4-2/h19-21H,3-18H2,1-2H3. The molecule has 0 amide bonds. The third-order valence-corrected chi connectivity index (χ3v) is 5.44. The van der Waals surface area contributed by atoms with Crippen molar-refractivity contribution in [2.24, 2.45) is 11.8 Å². The summed E-state index contributed by atoms with van der Waals surface area (Å²) in [5.74, 6) is 2.20. The first kappa shape index (κ1) is 21.1. The highest BCUT2D eigenvalue weighted by Gasteiger charge is 2.34. The van der Waals surface area contributed by atoms with Crippen molar-refractivity contribution in [1.82, 2.24) is 0 Å². The van der Waals surface area contributed by atoms with Crippen LogP contribution in [-0.2, 0) is 4.74 Å². The molecular weight excluding hydrogens is 279 g/mol. The van der Waals surface area contributed by atoms with Crippen LogP contribution >= 0.6 is 0 Å². The van der Waals surface area contributed by atoms with Gasteiger partial charge in [0.25, 0.3) is 0 Å². The van der Waals surface area contributed by atoms with Crippen LogP contribution in [0.4, 0.5) is 0 Å². The van der Waals surface area contributed by atoms with Crippen molar-refractivity contribution in [3.63, 3.8) is 0 Å². The van der Waals surface area contributed by atoms with Gasteiger partial charge in [-0.25, -0.2) is 0 Å². The molecule has 1 aliphatic rings. The summed E-state index contributed by atoms with van der Waals surface area (Å²) < 4.78 is 5.36. The van der Waals surface area contributed by atoms with Gasteiger partial charge in [-0.1, -0.05) is 90.4 Å². The Bertz CT molecular complexity index is 256. The molecular formula is C21H41BO. The van der Waals surface area contributed by atoms with Crippen molar-refractivity contribution in [1.29, 1.82) is 0 Å². The van der Waals surface area contributed by atoms with Crippen molar-refractivity contribution in [2.75, 3.05) is 6.61 Å². The second kappa shape index (κ2) is 14.4. The Hall–Kier alpha value is 0.0249. The van der Waals surface area contributed by atoms with Gasteiger partial charge in [0, 0.05) is 12.6 Å². The lowest BCUT2D eigenvalue weighted by Gasteiger charge is -2.11. The number of hydrogen-bond donors (Lipinski definition) is 0. The Morgan fingerprint density at radius 2 is 1.30 bits per heavy atom. The molecule has 0 aromatic rings. The summed E-state index contributed by atoms with van der Waals surface area (Å²) in [4.78, 5) is 0. The lowest BCUT2D eigenvalue weighted by Crippen LogP contribution is -2.12. The van der Waals surface area contributed by atoms with Crippen LogP contribution in [0.2, 0.25) is 0 Å². The Kier molecular flexibility index (Phi) is 13.2. The predicted octanol–water partition coefficient (Wildman–Crippen LogP) is 6.63. The molecule has 0 aromatic carbocycles. The molecule has 134 valence electrons. The number of hydrogen-bond acceptors (Lipinski definition) is 1. The van der Waals surface area contributed by atoms with Crippen LogP contribution < -0.4 is 0 Å². The van der Waals surface area contributed by atoms with Gasteiger partial charge in [0.2, 0.25) is 0 Å². The summed E-state index contributed by atoms with van der Waals surface area (Å²) in [5.41, 5.74) is 0. The van der Waals surface area contributed by atoms with Crippen LogP contribution in [0, 0.1) is 11.8 Å². The largest absolute Gasteiger partial charge is 0.388 e. The molecule has 0 aliphatic heterocycles. The molecule has 0 saturated heterocycles. The van der Waals surface area contributed by atoms with Gasteiger partial charge < -0.3 is 4.74 Å². The van der Waals surface area contributed by atoms with Crippen LogP contribution in [0.5, 0.6) is 0 Å². The van der Waals surface area contributed by atoms with Crippen molar-refractivity contribution in [3.05, 3.63) is 0 Å². The predicted molar refractivity (Wildman–Crippen MR) is 103 cm³/mol. The number of ether oxygens (including phenoxy) is 1. The second-order valence-corrected chi connectivity index (χ2v) is 7.65. The van der Waals surface area contributed by atoms with Crippen LogP contribution in [0.1, 0.15) is 110 Å². The van der Waals surface area contributed by atoms with E-state index >= 15 is 0 Å². The first-order valence-corrected chi connectivity index (χ1v) is 10.6. The van der Waals surface area contributed by atoms with Crippen molar-refractivity contribution in [3.8, 4) is 0 Å². The molecule has 3 atom stereocenters. The Morgan fingerprint density at radius 1 is 0.783 bits per heavy atom. The van der Waals surface area contributed by atoms with E-state index in [1.807, 2.05) is 6.92 Å². The summed E-state index contributed by atoms with van der Waals surface area (Å²) in [7, 11) is 5.84. The highest BCUT2D eigenvalue weighted by Crippen LogP contribution is 2.45. The monoisotopic (exact) mass is 320 g/mol. The fourth-order valence-corrected chi connectivity index (χ4v) is 3.78. The maximum Gasteiger partial charge on any atom is 0.108 e. The number of rotatable bonds is 17. The third kappa shape index (κ3) is 12.1. The minimum Gasteiger partial charge on any atom is -0.388 e. The molecule has 0 spiro atoms. The SMILES string of the molecule is [B]C(CCCCCCCC1CC1CCCCCCCC)OCC. The molecule has 1 fully saturated rings. The van der Waals surface area contributed by atoms with Crippen LogP contribution in [0.3, 0.4) is 0 Å². The maximum atomic E-state index is 5.84. The van der Waals surface area contributed by atoms with Gasteiger partial charge in [-0.3, -0.25) is 0 Å². The third-order valence-electron chi connectivity index (χ3n) is 5.44. The molecule has 2 radical (unpaired) electrons. The molecule has 3 unspecified atom stereocenters. The zero-order valence-electron chi connectivity index (χ0n) is 16.0. The Labute approximate surface area is 147 Å². The summed E-state index contributed by atoms with van der Waals surface area (Å²) in [6.07, 6.45) is 21.1. The van der Waals surface area contributed by atoms with Gasteiger partial charge in [0.15, 0.2) is 0 Å². The fraction of sp³-hybridized carbons (Fsp3) is 1.00. The smallest absolute Gasteiger partial charge is 0.108 e. The van der Waals surface area contributed by atoms with Gasteiger partial charge >= 0.3 is 0 Å². The summed E-state index contributed by atoms with van der Waals surface area (Å²) in [6, 6.07) is -0.0332. The second-order valence-electron chi connectivity index (χ2n) is 7.65. The summed E-state index contributed by atoms with van der Waals surface area (Å²) in [5, 5.41) is 0. The fourth-order valence-electron chi connectivity index (χ4n) is 3.78. The molecule has 0 heterocycles. The minimum absolute atomic E-state index is 0.0332. The van der Waals surface area contributed by atoms with Crippen LogP contribution in [0.15, 0.2) is 0 Å². The van der Waals surface area contributed by atoms with E-state index in [1.54, 1.807) is 0 Å². The average molecular weight is 320 g/mol. The quantitative estimate of drug-likeness (QED) is 0.216. The van der Waals surface area contributed by atoms with E-state index in [-0.39, 0.29) is 6.00 Å². The first-order chi connectivity index (χ1) is 11.3. The molecule has 1 saturated carbocycles. The van der Waals surface area contributed by atoms with E-state index in [0.717, 1.165) is 24.9 Å². The van der Waals surface area contributed by atoms with E-state index in [1.165, 1.54) is 89.9 Å². The van der Waals surface area contributed by atoms with E-state index in [0.29, 0.717) is 0 Å². The zero-order valence-corrected chi connectivity index (χ0v) is 16.0. The van der Waals surface area contributed by atoms with Crippen LogP contribution in [0.25, 0.3) is 0 Å². The average Bonchev–Trinajstić information content (AvgIpc) is 3.28. The lowest BCUT2D eigenvalue weighted by molar-refractivity contribution is 0.111. The van der Waals surface area contributed by atoms with Gasteiger partial charge in [-0.05, 0) is 31.6 Å². The normalized spacial score (nSPS) is 21.5. The Balaban J connectivity index is 1.77. The topological polar surface area (TPSA) is 9.23 Å². The molecule has 2 heteroatoms. The molecule has 1 nitrogen and oxygen atoms in total. The lowest BCUT2D eigenvalue weighted by atomic mass is 9.93. The summed E-state index contributed by atoms with van der Waals surface area (Å²) in [6.45, 7) is 5.05. The van der Waals surface area contributed by atoms with Crippen LogP contribution in [-0.4, -0.2) is 20.5 Å². The molecule has 0 bridgehead atoms. The molecule has 1 aliphatic carbocycles. The number of unbranched alkanes of at least 4 members (excludes halogenated alkanes) is 9. The molecule has 0 aromatic heterocycles. The zero-order chi connectivity index (χ0) is 16.8. The summed E-state index contributed by atoms with van der Waals surface area (Å²) >= 11 is 0. The van der Waals surface area contributed by atoms with Crippen molar-refractivity contribution < 1.29 is 4.74 Å². The van der Waals surface area contributed by atoms with Gasteiger partial charge in [-0.2, -0.15) is 0 Å². The van der Waals surface area contributed by atoms with Crippen molar-refractivity contribution >= 4 is 7.85 Å². The van der Waals surface area contributed by atoms with E-state index in [2.05, 4.69) is 6.92 Å². The molecule has 0 N–H and O–H groups in total. The highest BCUT2D eigenvalue weighted by atomic mass is 16.5. The van der Waals surface area contributed by atoms with E-state index in [4.69, 9.17) is 12.6 Å². The van der Waals surface area contributed by atoms with Gasteiger partial charge in [0.05, 0.1) is 0 Å². The highest BCUT2D eigenvalue weighted by molar-refractivity contribution is 6.10. The minimum atomic E-state index is -0.0332. The van der Waals surface area contributed by atoms with E-state index in [9.17, 15) is 0 Å². The first-order valence-electron chi connectivity index (χ1n) is 10.6. The van der Waals surface area contributed by atoms with E-state index < -0.39 is 0 Å². The van der Waals surface area contributed by atoms with Crippen molar-refractivity contribution in [2.45, 2.75) is 116 Å². The molecule has 23 heavy (non-hydrogen) atoms. The van der Waals surface area contributed by atoms with Gasteiger partial charge in [-0.15, -0.1) is 0 Å².